The van der Waals surface area contributed by atoms with Crippen molar-refractivity contribution in [3.8, 4) is 28.6 Å². The smallest absolute Gasteiger partial charge is 0.282 e. The third kappa shape index (κ3) is 6.31. The highest BCUT2D eigenvalue weighted by Crippen LogP contribution is 2.34. The molecule has 0 spiro atoms. The number of para-hydroxylation sites is 1. The summed E-state index contributed by atoms with van der Waals surface area (Å²) in [5, 5.41) is 5.98. The number of hydrogen-bond donors (Lipinski definition) is 0. The first-order valence-corrected chi connectivity index (χ1v) is 15.9. The summed E-state index contributed by atoms with van der Waals surface area (Å²) >= 11 is 6.29. The Kier molecular flexibility index (Phi) is 9.01. The topological polar surface area (TPSA) is 70.6 Å². The quantitative estimate of drug-likeness (QED) is 0.147. The number of halogens is 1. The van der Waals surface area contributed by atoms with Crippen molar-refractivity contribution in [2.24, 2.45) is 5.10 Å². The number of fused-ring (bicyclic) bond motifs is 1. The molecule has 0 saturated carbocycles. The molecule has 2 aromatic heterocycles. The van der Waals surface area contributed by atoms with Crippen LogP contribution in [0, 0.1) is 20.8 Å². The molecule has 6 rings (SSSR count). The second-order valence-electron chi connectivity index (χ2n) is 11.9. The van der Waals surface area contributed by atoms with Crippen LogP contribution in [0.5, 0.6) is 11.5 Å². The summed E-state index contributed by atoms with van der Waals surface area (Å²) in [5.74, 6) is 2.25. The van der Waals surface area contributed by atoms with E-state index in [2.05, 4.69) is 37.5 Å². The molecule has 0 aliphatic carbocycles. The second kappa shape index (κ2) is 13.3. The van der Waals surface area contributed by atoms with Crippen molar-refractivity contribution in [2.75, 3.05) is 7.11 Å². The van der Waals surface area contributed by atoms with Crippen LogP contribution >= 0.6 is 11.6 Å². The van der Waals surface area contributed by atoms with E-state index < -0.39 is 0 Å². The van der Waals surface area contributed by atoms with Gasteiger partial charge in [0, 0.05) is 38.8 Å². The maximum atomic E-state index is 13.9. The lowest BCUT2D eigenvalue weighted by Crippen LogP contribution is -2.21. The number of methoxy groups -OCH3 is 1. The van der Waals surface area contributed by atoms with Gasteiger partial charge in [0.15, 0.2) is 5.82 Å². The molecule has 0 radical (unpaired) electrons. The zero-order valence-corrected chi connectivity index (χ0v) is 28.2. The van der Waals surface area contributed by atoms with E-state index in [1.54, 1.807) is 19.4 Å². The van der Waals surface area contributed by atoms with E-state index in [0.717, 1.165) is 56.4 Å². The molecular formula is C39H37ClN4O3. The minimum absolute atomic E-state index is 0.210. The van der Waals surface area contributed by atoms with Crippen LogP contribution in [-0.2, 0) is 6.61 Å². The Labute approximate surface area is 279 Å². The normalized spacial score (nSPS) is 11.6. The van der Waals surface area contributed by atoms with E-state index in [4.69, 9.17) is 31.2 Å². The molecule has 238 valence electrons. The Morgan fingerprint density at radius 2 is 1.66 bits per heavy atom. The van der Waals surface area contributed by atoms with Crippen molar-refractivity contribution in [3.63, 3.8) is 0 Å². The zero-order chi connectivity index (χ0) is 33.2. The van der Waals surface area contributed by atoms with Crippen molar-refractivity contribution in [3.05, 3.63) is 140 Å². The fourth-order valence-corrected chi connectivity index (χ4v) is 6.07. The Balaban J connectivity index is 1.36. The Morgan fingerprint density at radius 1 is 0.936 bits per heavy atom. The first kappa shape index (κ1) is 31.8. The van der Waals surface area contributed by atoms with Crippen molar-refractivity contribution in [2.45, 2.75) is 47.1 Å². The van der Waals surface area contributed by atoms with Crippen LogP contribution in [0.15, 0.2) is 101 Å². The summed E-state index contributed by atoms with van der Waals surface area (Å²) < 4.78 is 15.2. The van der Waals surface area contributed by atoms with Gasteiger partial charge >= 0.3 is 0 Å². The number of nitrogens with zero attached hydrogens (tertiary/aromatic N) is 4. The fourth-order valence-electron chi connectivity index (χ4n) is 5.88. The van der Waals surface area contributed by atoms with Crippen molar-refractivity contribution in [1.29, 1.82) is 0 Å². The fraction of sp³-hybridized carbons (Fsp3) is 0.205. The number of hydrogen-bond acceptors (Lipinski definition) is 5. The predicted molar refractivity (Wildman–Crippen MR) is 191 cm³/mol. The number of ether oxygens (including phenoxy) is 2. The highest BCUT2D eigenvalue weighted by Gasteiger charge is 2.19. The van der Waals surface area contributed by atoms with Gasteiger partial charge in [-0.25, -0.2) is 4.98 Å². The first-order chi connectivity index (χ1) is 22.7. The molecule has 0 amide bonds. The van der Waals surface area contributed by atoms with Crippen LogP contribution < -0.4 is 15.0 Å². The molecule has 0 saturated heterocycles. The van der Waals surface area contributed by atoms with Crippen molar-refractivity contribution < 1.29 is 9.47 Å². The SMILES string of the molecule is COc1cc(C)c(-c2nc3ccccc3c(=O)n2N=Cc2cc(C)n(-c3ccc(OCc4ccccc4Cl)cc3)c2C)cc1C(C)C. The van der Waals surface area contributed by atoms with Gasteiger partial charge in [-0.05, 0) is 98.5 Å². The third-order valence-electron chi connectivity index (χ3n) is 8.42. The number of rotatable bonds is 9. The van der Waals surface area contributed by atoms with Gasteiger partial charge in [0.2, 0.25) is 0 Å². The zero-order valence-electron chi connectivity index (χ0n) is 27.4. The predicted octanol–water partition coefficient (Wildman–Crippen LogP) is 9.03. The molecule has 0 N–H and O–H groups in total. The molecule has 47 heavy (non-hydrogen) atoms. The molecule has 7 nitrogen and oxygen atoms in total. The molecule has 2 heterocycles. The van der Waals surface area contributed by atoms with Crippen LogP contribution in [0.1, 0.15) is 53.4 Å². The first-order valence-electron chi connectivity index (χ1n) is 15.6. The minimum Gasteiger partial charge on any atom is -0.496 e. The molecule has 0 aliphatic rings. The van der Waals surface area contributed by atoms with Crippen LogP contribution in [0.3, 0.4) is 0 Å². The van der Waals surface area contributed by atoms with Crippen molar-refractivity contribution in [1.82, 2.24) is 14.2 Å². The average Bonchev–Trinajstić information content (AvgIpc) is 3.35. The molecule has 0 fully saturated rings. The summed E-state index contributed by atoms with van der Waals surface area (Å²) in [5.41, 5.74) is 8.04. The second-order valence-corrected chi connectivity index (χ2v) is 12.3. The maximum absolute atomic E-state index is 13.9. The lowest BCUT2D eigenvalue weighted by molar-refractivity contribution is 0.306. The monoisotopic (exact) mass is 644 g/mol. The summed E-state index contributed by atoms with van der Waals surface area (Å²) in [6.07, 6.45) is 1.74. The lowest BCUT2D eigenvalue weighted by Gasteiger charge is -2.17. The largest absolute Gasteiger partial charge is 0.496 e. The standard InChI is InChI=1S/C39H37ClN4O3/c1-24(2)33-21-34(25(3)19-37(33)46-6)38-42-36-14-10-8-12-32(36)39(45)44(38)41-22-29-20-26(4)43(27(29)5)30-15-17-31(18-16-30)47-23-28-11-7-9-13-35(28)40/h7-22,24H,23H2,1-6H3. The van der Waals surface area contributed by atoms with Crippen molar-refractivity contribution >= 4 is 28.7 Å². The third-order valence-corrected chi connectivity index (χ3v) is 8.79. The van der Waals surface area contributed by atoms with Gasteiger partial charge in [0.1, 0.15) is 18.1 Å². The van der Waals surface area contributed by atoms with Gasteiger partial charge in [-0.15, -0.1) is 0 Å². The molecule has 0 unspecified atom stereocenters. The van der Waals surface area contributed by atoms with E-state index in [-0.39, 0.29) is 11.5 Å². The summed E-state index contributed by atoms with van der Waals surface area (Å²) in [7, 11) is 1.68. The van der Waals surface area contributed by atoms with Gasteiger partial charge in [-0.2, -0.15) is 9.78 Å². The van der Waals surface area contributed by atoms with Crippen LogP contribution in [0.2, 0.25) is 5.02 Å². The van der Waals surface area contributed by atoms with Gasteiger partial charge in [0.25, 0.3) is 5.56 Å². The Hall–Kier alpha value is -5.14. The van der Waals surface area contributed by atoms with E-state index in [1.807, 2.05) is 86.6 Å². The molecule has 0 aliphatic heterocycles. The van der Waals surface area contributed by atoms with E-state index >= 15 is 0 Å². The summed E-state index contributed by atoms with van der Waals surface area (Å²) in [6.45, 7) is 10.7. The van der Waals surface area contributed by atoms with Crippen LogP contribution in [-0.4, -0.2) is 27.6 Å². The Morgan fingerprint density at radius 3 is 2.38 bits per heavy atom. The van der Waals surface area contributed by atoms with E-state index in [9.17, 15) is 4.79 Å². The van der Waals surface area contributed by atoms with E-state index in [0.29, 0.717) is 28.4 Å². The number of aromatic nitrogens is 3. The molecular weight excluding hydrogens is 608 g/mol. The molecule has 6 aromatic rings. The van der Waals surface area contributed by atoms with Gasteiger partial charge in [0.05, 0.1) is 24.2 Å². The molecule has 0 atom stereocenters. The van der Waals surface area contributed by atoms with Crippen LogP contribution in [0.25, 0.3) is 28.0 Å². The van der Waals surface area contributed by atoms with E-state index in [1.165, 1.54) is 4.68 Å². The summed E-state index contributed by atoms with van der Waals surface area (Å²) in [6, 6.07) is 29.1. The number of aryl methyl sites for hydroxylation is 2. The number of benzene rings is 4. The molecule has 8 heteroatoms. The van der Waals surface area contributed by atoms with Gasteiger partial charge < -0.3 is 14.0 Å². The van der Waals surface area contributed by atoms with Gasteiger partial charge in [-0.1, -0.05) is 55.8 Å². The van der Waals surface area contributed by atoms with Gasteiger partial charge in [-0.3, -0.25) is 4.79 Å². The summed E-state index contributed by atoms with van der Waals surface area (Å²) in [4.78, 5) is 18.9. The minimum atomic E-state index is -0.232. The molecule has 0 bridgehead atoms. The maximum Gasteiger partial charge on any atom is 0.282 e. The highest BCUT2D eigenvalue weighted by molar-refractivity contribution is 6.31. The lowest BCUT2D eigenvalue weighted by atomic mass is 9.96. The molecule has 4 aromatic carbocycles. The highest BCUT2D eigenvalue weighted by atomic mass is 35.5. The van der Waals surface area contributed by atoms with Crippen LogP contribution in [0.4, 0.5) is 0 Å². The Bertz CT molecular complexity index is 2180. The average molecular weight is 645 g/mol.